The second kappa shape index (κ2) is 3.47. The van der Waals surface area contributed by atoms with Gasteiger partial charge in [-0.05, 0) is 34.0 Å². The molecule has 0 saturated heterocycles. The average Bonchev–Trinajstić information content (AvgIpc) is 3.03. The Bertz CT molecular complexity index is 940. The van der Waals surface area contributed by atoms with Gasteiger partial charge >= 0.3 is 0 Å². The molecular weight excluding hydrogens is 268 g/mol. The number of hydrogen-bond acceptors (Lipinski definition) is 2. The topological polar surface area (TPSA) is 0 Å². The van der Waals surface area contributed by atoms with Gasteiger partial charge < -0.3 is 0 Å². The summed E-state index contributed by atoms with van der Waals surface area (Å²) in [6.07, 6.45) is 1.09. The Hall–Kier alpha value is -1.64. The van der Waals surface area contributed by atoms with Crippen LogP contribution < -0.4 is 0 Å². The predicted octanol–water partition coefficient (Wildman–Crippen LogP) is 5.69. The highest BCUT2D eigenvalue weighted by atomic mass is 32.1. The standard InChI is InChI=1S/C17H10S2/c1-2-6-14-11(4-1)13-8-10-9-18-15-7-3-5-12(16(10)15)17(13)19-14/h1-7,9H,8H2. The van der Waals surface area contributed by atoms with Gasteiger partial charge in [0.25, 0.3) is 0 Å². The largest absolute Gasteiger partial charge is 0.143 e. The van der Waals surface area contributed by atoms with Crippen LogP contribution in [0.3, 0.4) is 0 Å². The summed E-state index contributed by atoms with van der Waals surface area (Å²) in [6, 6.07) is 15.5. The lowest BCUT2D eigenvalue weighted by atomic mass is 9.91. The molecule has 0 saturated carbocycles. The van der Waals surface area contributed by atoms with Crippen molar-refractivity contribution < 1.29 is 0 Å². The Balaban J connectivity index is 2.00. The molecule has 0 N–H and O–H groups in total. The van der Waals surface area contributed by atoms with Crippen molar-refractivity contribution in [3.8, 4) is 10.4 Å². The summed E-state index contributed by atoms with van der Waals surface area (Å²) in [7, 11) is 0. The molecule has 1 aliphatic rings. The van der Waals surface area contributed by atoms with E-state index in [4.69, 9.17) is 0 Å². The molecule has 0 unspecified atom stereocenters. The molecule has 0 spiro atoms. The van der Waals surface area contributed by atoms with Crippen LogP contribution in [-0.4, -0.2) is 0 Å². The van der Waals surface area contributed by atoms with Crippen LogP contribution in [0.4, 0.5) is 0 Å². The van der Waals surface area contributed by atoms with Crippen LogP contribution in [0.1, 0.15) is 11.1 Å². The molecule has 90 valence electrons. The molecule has 0 bridgehead atoms. The van der Waals surface area contributed by atoms with Gasteiger partial charge in [-0.1, -0.05) is 30.3 Å². The Kier molecular flexibility index (Phi) is 1.86. The Labute approximate surface area is 118 Å². The summed E-state index contributed by atoms with van der Waals surface area (Å²) >= 11 is 3.82. The van der Waals surface area contributed by atoms with Gasteiger partial charge in [-0.3, -0.25) is 0 Å². The van der Waals surface area contributed by atoms with Crippen molar-refractivity contribution in [1.82, 2.24) is 0 Å². The van der Waals surface area contributed by atoms with Crippen molar-refractivity contribution in [2.45, 2.75) is 6.42 Å². The van der Waals surface area contributed by atoms with Crippen LogP contribution >= 0.6 is 22.7 Å². The highest BCUT2D eigenvalue weighted by Gasteiger charge is 2.23. The van der Waals surface area contributed by atoms with Gasteiger partial charge in [0, 0.05) is 31.6 Å². The molecule has 2 heteroatoms. The van der Waals surface area contributed by atoms with Gasteiger partial charge in [0.2, 0.25) is 0 Å². The van der Waals surface area contributed by atoms with Crippen LogP contribution in [0.25, 0.3) is 30.6 Å². The van der Waals surface area contributed by atoms with Crippen LogP contribution in [-0.2, 0) is 6.42 Å². The summed E-state index contributed by atoms with van der Waals surface area (Å²) in [4.78, 5) is 1.48. The molecule has 2 aromatic heterocycles. The van der Waals surface area contributed by atoms with Crippen molar-refractivity contribution in [3.63, 3.8) is 0 Å². The van der Waals surface area contributed by atoms with Crippen molar-refractivity contribution in [3.05, 3.63) is 59.0 Å². The molecule has 4 aromatic rings. The van der Waals surface area contributed by atoms with E-state index in [-0.39, 0.29) is 0 Å². The molecule has 0 amide bonds. The zero-order chi connectivity index (χ0) is 12.4. The smallest absolute Gasteiger partial charge is 0.0397 e. The van der Waals surface area contributed by atoms with E-state index in [2.05, 4.69) is 47.8 Å². The highest BCUT2D eigenvalue weighted by Crippen LogP contribution is 2.48. The average molecular weight is 278 g/mol. The first-order chi connectivity index (χ1) is 9.42. The lowest BCUT2D eigenvalue weighted by Crippen LogP contribution is -1.94. The maximum atomic E-state index is 2.34. The molecule has 0 atom stereocenters. The number of thiophene rings is 2. The highest BCUT2D eigenvalue weighted by molar-refractivity contribution is 7.23. The SMILES string of the molecule is c1ccc2c3c(sc2c1)-c1cccc2scc(c12)C3. The van der Waals surface area contributed by atoms with Crippen molar-refractivity contribution in [1.29, 1.82) is 0 Å². The fourth-order valence-electron chi connectivity index (χ4n) is 3.16. The molecule has 0 aliphatic heterocycles. The molecule has 0 fully saturated rings. The predicted molar refractivity (Wildman–Crippen MR) is 85.5 cm³/mol. The van der Waals surface area contributed by atoms with Gasteiger partial charge in [-0.15, -0.1) is 22.7 Å². The zero-order valence-corrected chi connectivity index (χ0v) is 11.8. The van der Waals surface area contributed by atoms with Gasteiger partial charge in [-0.2, -0.15) is 0 Å². The van der Waals surface area contributed by atoms with Gasteiger partial charge in [0.05, 0.1) is 0 Å². The van der Waals surface area contributed by atoms with E-state index < -0.39 is 0 Å². The Morgan fingerprint density at radius 2 is 1.79 bits per heavy atom. The number of benzene rings is 2. The first kappa shape index (κ1) is 10.2. The minimum Gasteiger partial charge on any atom is -0.143 e. The van der Waals surface area contributed by atoms with E-state index in [1.165, 1.54) is 41.7 Å². The fraction of sp³-hybridized carbons (Fsp3) is 0.0588. The minimum absolute atomic E-state index is 1.09. The molecule has 2 aromatic carbocycles. The minimum atomic E-state index is 1.09. The Morgan fingerprint density at radius 1 is 0.895 bits per heavy atom. The van der Waals surface area contributed by atoms with E-state index >= 15 is 0 Å². The van der Waals surface area contributed by atoms with Crippen LogP contribution in [0.15, 0.2) is 47.8 Å². The summed E-state index contributed by atoms with van der Waals surface area (Å²) in [5.41, 5.74) is 4.47. The molecule has 2 heterocycles. The maximum absolute atomic E-state index is 2.34. The van der Waals surface area contributed by atoms with E-state index in [0.29, 0.717) is 0 Å². The Morgan fingerprint density at radius 3 is 2.79 bits per heavy atom. The molecular formula is C17H10S2. The van der Waals surface area contributed by atoms with Crippen LogP contribution in [0.2, 0.25) is 0 Å². The number of fused-ring (bicyclic) bond motifs is 4. The second-order valence-corrected chi connectivity index (χ2v) is 6.99. The van der Waals surface area contributed by atoms with Crippen molar-refractivity contribution >= 4 is 42.8 Å². The van der Waals surface area contributed by atoms with E-state index in [1.807, 2.05) is 22.7 Å². The lowest BCUT2D eigenvalue weighted by molar-refractivity contribution is 1.25. The van der Waals surface area contributed by atoms with E-state index in [1.54, 1.807) is 0 Å². The van der Waals surface area contributed by atoms with Gasteiger partial charge in [0.15, 0.2) is 0 Å². The molecule has 0 radical (unpaired) electrons. The third-order valence-corrected chi connectivity index (χ3v) is 6.23. The summed E-state index contributed by atoms with van der Waals surface area (Å²) < 4.78 is 2.84. The van der Waals surface area contributed by atoms with Crippen LogP contribution in [0, 0.1) is 0 Å². The first-order valence-corrected chi connectivity index (χ1v) is 8.11. The lowest BCUT2D eigenvalue weighted by Gasteiger charge is -2.13. The monoisotopic (exact) mass is 278 g/mol. The third kappa shape index (κ3) is 1.23. The maximum Gasteiger partial charge on any atom is 0.0397 e. The summed E-state index contributed by atoms with van der Waals surface area (Å²) in [5.74, 6) is 0. The molecule has 1 aliphatic carbocycles. The molecule has 5 rings (SSSR count). The van der Waals surface area contributed by atoms with Crippen molar-refractivity contribution in [2.24, 2.45) is 0 Å². The number of hydrogen-bond donors (Lipinski definition) is 0. The first-order valence-electron chi connectivity index (χ1n) is 6.42. The van der Waals surface area contributed by atoms with E-state index in [0.717, 1.165) is 6.42 Å². The normalized spacial score (nSPS) is 13.1. The second-order valence-electron chi connectivity index (χ2n) is 5.02. The van der Waals surface area contributed by atoms with Gasteiger partial charge in [0.1, 0.15) is 0 Å². The quantitative estimate of drug-likeness (QED) is 0.341. The summed E-state index contributed by atoms with van der Waals surface area (Å²) in [6.45, 7) is 0. The third-order valence-electron chi connectivity index (χ3n) is 3.99. The zero-order valence-electron chi connectivity index (χ0n) is 10.1. The van der Waals surface area contributed by atoms with Crippen LogP contribution in [0.5, 0.6) is 0 Å². The van der Waals surface area contributed by atoms with E-state index in [9.17, 15) is 0 Å². The molecule has 0 nitrogen and oxygen atoms in total. The van der Waals surface area contributed by atoms with Gasteiger partial charge in [-0.25, -0.2) is 0 Å². The van der Waals surface area contributed by atoms with Crippen molar-refractivity contribution in [2.75, 3.05) is 0 Å². The number of rotatable bonds is 0. The fourth-order valence-corrected chi connectivity index (χ4v) is 5.40. The summed E-state index contributed by atoms with van der Waals surface area (Å²) in [5, 5.41) is 5.27. The molecule has 19 heavy (non-hydrogen) atoms.